The van der Waals surface area contributed by atoms with Crippen LogP contribution in [0.5, 0.6) is 11.5 Å². The highest BCUT2D eigenvalue weighted by molar-refractivity contribution is 5.99. The highest BCUT2D eigenvalue weighted by Gasteiger charge is 2.35. The van der Waals surface area contributed by atoms with Gasteiger partial charge in [0.05, 0.1) is 14.2 Å². The van der Waals surface area contributed by atoms with Crippen molar-refractivity contribution in [2.24, 2.45) is 5.73 Å². The zero-order chi connectivity index (χ0) is 17.7. The van der Waals surface area contributed by atoms with Crippen molar-refractivity contribution >= 4 is 11.8 Å². The van der Waals surface area contributed by atoms with E-state index in [1.54, 1.807) is 49.4 Å². The molecule has 0 unspecified atom stereocenters. The number of hydrogen-bond acceptors (Lipinski definition) is 4. The average Bonchev–Trinajstić information content (AvgIpc) is 2.61. The molecule has 0 fully saturated rings. The van der Waals surface area contributed by atoms with Gasteiger partial charge in [-0.3, -0.25) is 9.59 Å². The lowest BCUT2D eigenvalue weighted by Gasteiger charge is -2.28. The molecule has 2 aromatic carbocycles. The minimum Gasteiger partial charge on any atom is -0.497 e. The second-order valence-corrected chi connectivity index (χ2v) is 5.41. The standard InChI is InChI=1S/C18H20N2O4/c1-18(17(19)22,13-7-5-4-6-8-13)20-16(21)12-9-14(23-2)11-15(10-12)24-3/h4-11H,1-3H3,(H2,19,22)(H,20,21)/t18-/m0/s1. The van der Waals surface area contributed by atoms with Gasteiger partial charge < -0.3 is 20.5 Å². The molecule has 0 saturated carbocycles. The summed E-state index contributed by atoms with van der Waals surface area (Å²) in [6, 6.07) is 13.6. The van der Waals surface area contributed by atoms with Crippen LogP contribution in [0, 0.1) is 0 Å². The molecule has 0 saturated heterocycles. The van der Waals surface area contributed by atoms with Gasteiger partial charge >= 0.3 is 0 Å². The van der Waals surface area contributed by atoms with Gasteiger partial charge in [-0.15, -0.1) is 0 Å². The SMILES string of the molecule is COc1cc(OC)cc(C(=O)N[C@](C)(C(N)=O)c2ccccc2)c1. The number of nitrogens with two attached hydrogens (primary N) is 1. The van der Waals surface area contributed by atoms with Gasteiger partial charge in [0, 0.05) is 11.6 Å². The average molecular weight is 328 g/mol. The van der Waals surface area contributed by atoms with Crippen LogP contribution in [0.2, 0.25) is 0 Å². The van der Waals surface area contributed by atoms with E-state index in [0.717, 1.165) is 0 Å². The lowest BCUT2D eigenvalue weighted by Crippen LogP contribution is -2.52. The maximum Gasteiger partial charge on any atom is 0.252 e. The van der Waals surface area contributed by atoms with E-state index in [1.807, 2.05) is 6.07 Å². The summed E-state index contributed by atoms with van der Waals surface area (Å²) < 4.78 is 10.3. The summed E-state index contributed by atoms with van der Waals surface area (Å²) in [5, 5.41) is 2.70. The summed E-state index contributed by atoms with van der Waals surface area (Å²) in [4.78, 5) is 24.6. The van der Waals surface area contributed by atoms with E-state index >= 15 is 0 Å². The molecule has 0 aromatic heterocycles. The molecule has 2 amide bonds. The fourth-order valence-electron chi connectivity index (χ4n) is 2.29. The Balaban J connectivity index is 2.37. The minimum atomic E-state index is -1.34. The molecule has 3 N–H and O–H groups in total. The Hall–Kier alpha value is -3.02. The molecule has 1 atom stereocenters. The third-order valence-electron chi connectivity index (χ3n) is 3.82. The number of ether oxygens (including phenoxy) is 2. The Morgan fingerprint density at radius 1 is 1.00 bits per heavy atom. The summed E-state index contributed by atoms with van der Waals surface area (Å²) in [7, 11) is 2.99. The number of carbonyl (C=O) groups is 2. The molecular formula is C18H20N2O4. The molecule has 0 aliphatic rings. The highest BCUT2D eigenvalue weighted by Crippen LogP contribution is 2.25. The van der Waals surface area contributed by atoms with E-state index in [9.17, 15) is 9.59 Å². The number of hydrogen-bond donors (Lipinski definition) is 2. The van der Waals surface area contributed by atoms with Crippen molar-refractivity contribution in [3.63, 3.8) is 0 Å². The number of carbonyl (C=O) groups excluding carboxylic acids is 2. The van der Waals surface area contributed by atoms with Gasteiger partial charge in [-0.1, -0.05) is 30.3 Å². The van der Waals surface area contributed by atoms with E-state index in [4.69, 9.17) is 15.2 Å². The number of nitrogens with one attached hydrogen (secondary N) is 1. The van der Waals surface area contributed by atoms with Gasteiger partial charge in [0.25, 0.3) is 5.91 Å². The molecule has 0 bridgehead atoms. The molecule has 0 radical (unpaired) electrons. The predicted octanol–water partition coefficient (Wildman–Crippen LogP) is 1.83. The van der Waals surface area contributed by atoms with E-state index in [-0.39, 0.29) is 0 Å². The van der Waals surface area contributed by atoms with Crippen LogP contribution in [0.3, 0.4) is 0 Å². The van der Waals surface area contributed by atoms with E-state index in [1.165, 1.54) is 14.2 Å². The lowest BCUT2D eigenvalue weighted by atomic mass is 9.90. The summed E-state index contributed by atoms with van der Waals surface area (Å²) in [6.07, 6.45) is 0. The molecule has 126 valence electrons. The van der Waals surface area contributed by atoms with Gasteiger partial charge in [0.2, 0.25) is 5.91 Å². The zero-order valence-corrected chi connectivity index (χ0v) is 13.8. The zero-order valence-electron chi connectivity index (χ0n) is 13.8. The summed E-state index contributed by atoms with van der Waals surface area (Å²) in [6.45, 7) is 1.57. The van der Waals surface area contributed by atoms with Crippen LogP contribution in [0.25, 0.3) is 0 Å². The number of methoxy groups -OCH3 is 2. The lowest BCUT2D eigenvalue weighted by molar-refractivity contribution is -0.123. The highest BCUT2D eigenvalue weighted by atomic mass is 16.5. The van der Waals surface area contributed by atoms with Gasteiger partial charge in [0.1, 0.15) is 17.0 Å². The molecule has 0 spiro atoms. The Kier molecular flexibility index (Phi) is 5.08. The maximum atomic E-state index is 12.6. The van der Waals surface area contributed by atoms with E-state index in [2.05, 4.69) is 5.32 Å². The smallest absolute Gasteiger partial charge is 0.252 e. The molecule has 0 heterocycles. The molecule has 6 nitrogen and oxygen atoms in total. The van der Waals surface area contributed by atoms with Crippen molar-refractivity contribution in [2.45, 2.75) is 12.5 Å². The molecular weight excluding hydrogens is 308 g/mol. The van der Waals surface area contributed by atoms with Gasteiger partial charge in [-0.05, 0) is 24.6 Å². The van der Waals surface area contributed by atoms with Crippen LogP contribution in [0.4, 0.5) is 0 Å². The minimum absolute atomic E-state index is 0.301. The van der Waals surface area contributed by atoms with Gasteiger partial charge in [-0.2, -0.15) is 0 Å². The van der Waals surface area contributed by atoms with E-state index < -0.39 is 17.4 Å². The Morgan fingerprint density at radius 3 is 2.00 bits per heavy atom. The van der Waals surface area contributed by atoms with Crippen LogP contribution in [0.1, 0.15) is 22.8 Å². The third-order valence-corrected chi connectivity index (χ3v) is 3.82. The predicted molar refractivity (Wildman–Crippen MR) is 90.0 cm³/mol. The summed E-state index contributed by atoms with van der Waals surface area (Å²) in [5.41, 5.74) is 5.10. The largest absolute Gasteiger partial charge is 0.497 e. The van der Waals surface area contributed by atoms with Gasteiger partial charge in [-0.25, -0.2) is 0 Å². The third kappa shape index (κ3) is 3.48. The van der Waals surface area contributed by atoms with Crippen LogP contribution in [0.15, 0.2) is 48.5 Å². The number of benzene rings is 2. The van der Waals surface area contributed by atoms with Crippen LogP contribution in [-0.2, 0) is 10.3 Å². The first-order chi connectivity index (χ1) is 11.4. The molecule has 0 aliphatic heterocycles. The number of amides is 2. The molecule has 2 rings (SSSR count). The van der Waals surface area contributed by atoms with Crippen LogP contribution < -0.4 is 20.5 Å². The Morgan fingerprint density at radius 2 is 1.54 bits per heavy atom. The van der Waals surface area contributed by atoms with Crippen molar-refractivity contribution in [3.05, 3.63) is 59.7 Å². The van der Waals surface area contributed by atoms with Crippen molar-refractivity contribution in [3.8, 4) is 11.5 Å². The molecule has 24 heavy (non-hydrogen) atoms. The topological polar surface area (TPSA) is 90.7 Å². The normalized spacial score (nSPS) is 12.8. The van der Waals surface area contributed by atoms with Gasteiger partial charge in [0.15, 0.2) is 0 Å². The second-order valence-electron chi connectivity index (χ2n) is 5.41. The summed E-state index contributed by atoms with van der Waals surface area (Å²) in [5.74, 6) is -0.172. The monoisotopic (exact) mass is 328 g/mol. The quantitative estimate of drug-likeness (QED) is 0.846. The number of primary amides is 1. The van der Waals surface area contributed by atoms with Crippen molar-refractivity contribution < 1.29 is 19.1 Å². The first-order valence-corrected chi connectivity index (χ1v) is 7.31. The molecule has 0 aliphatic carbocycles. The molecule has 6 heteroatoms. The second kappa shape index (κ2) is 7.04. The first kappa shape index (κ1) is 17.3. The van der Waals surface area contributed by atoms with Crippen molar-refractivity contribution in [1.29, 1.82) is 0 Å². The number of rotatable bonds is 6. The van der Waals surface area contributed by atoms with Crippen LogP contribution >= 0.6 is 0 Å². The molecule has 2 aromatic rings. The fraction of sp³-hybridized carbons (Fsp3) is 0.222. The van der Waals surface area contributed by atoms with Crippen LogP contribution in [-0.4, -0.2) is 26.0 Å². The van der Waals surface area contributed by atoms with Crippen molar-refractivity contribution in [1.82, 2.24) is 5.32 Å². The fourth-order valence-corrected chi connectivity index (χ4v) is 2.29. The Labute approximate surface area is 140 Å². The summed E-state index contributed by atoms with van der Waals surface area (Å²) >= 11 is 0. The Bertz CT molecular complexity index is 724. The maximum absolute atomic E-state index is 12.6. The van der Waals surface area contributed by atoms with Crippen molar-refractivity contribution in [2.75, 3.05) is 14.2 Å². The first-order valence-electron chi connectivity index (χ1n) is 7.31. The van der Waals surface area contributed by atoms with E-state index in [0.29, 0.717) is 22.6 Å².